The first-order chi connectivity index (χ1) is 13.6. The van der Waals surface area contributed by atoms with Gasteiger partial charge >= 0.3 is 5.69 Å². The molecule has 0 fully saturated rings. The lowest BCUT2D eigenvalue weighted by Crippen LogP contribution is -2.47. The summed E-state index contributed by atoms with van der Waals surface area (Å²) in [5, 5.41) is 48.9. The molecule has 0 aromatic heterocycles. The molecule has 0 spiro atoms. The van der Waals surface area contributed by atoms with Crippen molar-refractivity contribution in [3.05, 3.63) is 43.0 Å². The lowest BCUT2D eigenvalue weighted by atomic mass is 10.0. The Kier molecular flexibility index (Phi) is 6.19. The van der Waals surface area contributed by atoms with Crippen molar-refractivity contribution >= 4 is 34.2 Å². The number of aliphatic hydroxyl groups excluding tert-OH is 5. The van der Waals surface area contributed by atoms with E-state index in [1.807, 2.05) is 4.98 Å². The molecule has 0 bridgehead atoms. The smallest absolute Gasteiger partial charge is 0.349 e. The SMILES string of the molecule is O=c1nc2n(C[C@@H](O)[C@@H](O)[C@H](O)[C@H](O)CO)c3cc(Cl)c(Cl)cc3nc-2c(=O)[nH]1. The molecule has 1 aromatic carbocycles. The first kappa shape index (κ1) is 21.6. The van der Waals surface area contributed by atoms with Crippen molar-refractivity contribution in [1.82, 2.24) is 19.5 Å². The van der Waals surface area contributed by atoms with Crippen LogP contribution in [-0.4, -0.2) is 76.1 Å². The van der Waals surface area contributed by atoms with Crippen LogP contribution in [0, 0.1) is 0 Å². The summed E-state index contributed by atoms with van der Waals surface area (Å²) < 4.78 is 1.21. The van der Waals surface area contributed by atoms with Gasteiger partial charge in [0, 0.05) is 0 Å². The standard InChI is InChI=1S/C16H16Cl2N4O7/c17-5-1-7-8(2-6(5)18)22(3-9(24)12(26)13(27)10(25)4-23)14-11(19-7)15(28)21-16(29)20-14/h1-2,9-10,12-13,23-27H,3-4H2,(H,21,28,29)/t9-,10-,12-,13-/m1/s1. The first-order valence-electron chi connectivity index (χ1n) is 8.26. The molecule has 3 rings (SSSR count). The summed E-state index contributed by atoms with van der Waals surface area (Å²) in [6.07, 6.45) is -7.13. The summed E-state index contributed by atoms with van der Waals surface area (Å²) in [6, 6.07) is 2.74. The van der Waals surface area contributed by atoms with Gasteiger partial charge in [0.1, 0.15) is 24.4 Å². The summed E-state index contributed by atoms with van der Waals surface area (Å²) >= 11 is 12.0. The predicted molar refractivity (Wildman–Crippen MR) is 102 cm³/mol. The number of aromatic amines is 1. The highest BCUT2D eigenvalue weighted by Crippen LogP contribution is 2.30. The molecule has 11 nitrogen and oxygen atoms in total. The van der Waals surface area contributed by atoms with Crippen LogP contribution in [0.2, 0.25) is 10.0 Å². The van der Waals surface area contributed by atoms with Gasteiger partial charge in [-0.15, -0.1) is 0 Å². The molecule has 0 saturated carbocycles. The molecule has 1 aromatic rings. The third kappa shape index (κ3) is 4.12. The van der Waals surface area contributed by atoms with Crippen LogP contribution in [-0.2, 0) is 6.54 Å². The summed E-state index contributed by atoms with van der Waals surface area (Å²) in [7, 11) is 0. The topological polar surface area (TPSA) is 182 Å². The van der Waals surface area contributed by atoms with Gasteiger partial charge in [-0.1, -0.05) is 23.2 Å². The number of rotatable bonds is 6. The van der Waals surface area contributed by atoms with Gasteiger partial charge in [0.25, 0.3) is 5.56 Å². The zero-order chi connectivity index (χ0) is 21.5. The van der Waals surface area contributed by atoms with E-state index in [2.05, 4.69) is 9.97 Å². The average molecular weight is 447 g/mol. The second-order valence-corrected chi connectivity index (χ2v) is 7.13. The quantitative estimate of drug-likeness (QED) is 0.241. The van der Waals surface area contributed by atoms with Crippen LogP contribution in [0.5, 0.6) is 0 Å². The maximum atomic E-state index is 12.2. The Morgan fingerprint density at radius 1 is 1.00 bits per heavy atom. The van der Waals surface area contributed by atoms with E-state index in [1.165, 1.54) is 16.7 Å². The fourth-order valence-electron chi connectivity index (χ4n) is 2.83. The fraction of sp³-hybridized carbons (Fsp3) is 0.375. The maximum Gasteiger partial charge on any atom is 0.349 e. The number of aromatic nitrogens is 4. The van der Waals surface area contributed by atoms with Gasteiger partial charge in [0.15, 0.2) is 11.5 Å². The maximum absolute atomic E-state index is 12.2. The molecule has 13 heteroatoms. The van der Waals surface area contributed by atoms with E-state index in [-0.39, 0.29) is 32.6 Å². The lowest BCUT2D eigenvalue weighted by Gasteiger charge is -2.27. The van der Waals surface area contributed by atoms with Crippen molar-refractivity contribution in [2.45, 2.75) is 31.0 Å². The van der Waals surface area contributed by atoms with Gasteiger partial charge in [0.2, 0.25) is 0 Å². The van der Waals surface area contributed by atoms with E-state index in [0.717, 1.165) is 0 Å². The molecule has 0 amide bonds. The van der Waals surface area contributed by atoms with E-state index in [9.17, 15) is 30.0 Å². The third-order valence-electron chi connectivity index (χ3n) is 4.35. The van der Waals surface area contributed by atoms with Crippen LogP contribution >= 0.6 is 23.2 Å². The number of H-pyrrole nitrogens is 1. The van der Waals surface area contributed by atoms with Crippen molar-refractivity contribution in [3.63, 3.8) is 0 Å². The number of hydrogen-bond acceptors (Lipinski definition) is 9. The van der Waals surface area contributed by atoms with Crippen LogP contribution in [0.25, 0.3) is 22.6 Å². The van der Waals surface area contributed by atoms with Gasteiger partial charge in [0.05, 0.1) is 34.2 Å². The van der Waals surface area contributed by atoms with E-state index < -0.39 is 48.8 Å². The van der Waals surface area contributed by atoms with E-state index in [4.69, 9.17) is 28.3 Å². The zero-order valence-electron chi connectivity index (χ0n) is 14.5. The molecule has 0 unspecified atom stereocenters. The monoisotopic (exact) mass is 446 g/mol. The fourth-order valence-corrected chi connectivity index (χ4v) is 3.15. The molecule has 4 atom stereocenters. The Bertz CT molecular complexity index is 1130. The van der Waals surface area contributed by atoms with Gasteiger partial charge in [-0.25, -0.2) is 9.78 Å². The minimum Gasteiger partial charge on any atom is -0.394 e. The Morgan fingerprint density at radius 3 is 2.28 bits per heavy atom. The largest absolute Gasteiger partial charge is 0.394 e. The molecule has 0 radical (unpaired) electrons. The second kappa shape index (κ2) is 8.32. The molecule has 0 aliphatic carbocycles. The number of halogens is 2. The third-order valence-corrected chi connectivity index (χ3v) is 5.07. The summed E-state index contributed by atoms with van der Waals surface area (Å²) in [5.41, 5.74) is -1.59. The van der Waals surface area contributed by atoms with Gasteiger partial charge in [-0.2, -0.15) is 4.98 Å². The molecule has 2 aliphatic heterocycles. The second-order valence-electron chi connectivity index (χ2n) is 6.32. The molecule has 156 valence electrons. The number of hydrogen-bond donors (Lipinski definition) is 6. The number of nitrogens with one attached hydrogen (secondary N) is 1. The predicted octanol–water partition coefficient (Wildman–Crippen LogP) is -1.67. The molecule has 29 heavy (non-hydrogen) atoms. The van der Waals surface area contributed by atoms with Gasteiger partial charge < -0.3 is 30.1 Å². The lowest BCUT2D eigenvalue weighted by molar-refractivity contribution is -0.117. The zero-order valence-corrected chi connectivity index (χ0v) is 16.0. The Labute approximate surface area is 171 Å². The van der Waals surface area contributed by atoms with Crippen LogP contribution in [0.15, 0.2) is 21.7 Å². The van der Waals surface area contributed by atoms with E-state index in [1.54, 1.807) is 0 Å². The van der Waals surface area contributed by atoms with Crippen molar-refractivity contribution < 1.29 is 25.5 Å². The highest BCUT2D eigenvalue weighted by atomic mass is 35.5. The highest BCUT2D eigenvalue weighted by Gasteiger charge is 2.31. The molecular weight excluding hydrogens is 431 g/mol. The minimum atomic E-state index is -1.88. The Hall–Kier alpha value is -2.12. The van der Waals surface area contributed by atoms with Crippen LogP contribution < -0.4 is 11.2 Å². The number of aliphatic hydroxyl groups is 5. The van der Waals surface area contributed by atoms with Crippen molar-refractivity contribution in [3.8, 4) is 11.5 Å². The van der Waals surface area contributed by atoms with Crippen molar-refractivity contribution in [2.75, 3.05) is 6.61 Å². The number of benzene rings is 1. The van der Waals surface area contributed by atoms with Crippen LogP contribution in [0.1, 0.15) is 0 Å². The molecule has 2 aliphatic rings. The first-order valence-corrected chi connectivity index (χ1v) is 9.02. The van der Waals surface area contributed by atoms with Gasteiger partial charge in [-0.05, 0) is 12.1 Å². The molecule has 2 heterocycles. The molecule has 6 N–H and O–H groups in total. The normalized spacial score (nSPS) is 16.1. The number of fused-ring (bicyclic) bond motifs is 2. The average Bonchev–Trinajstić information content (AvgIpc) is 2.68. The van der Waals surface area contributed by atoms with Crippen LogP contribution in [0.4, 0.5) is 0 Å². The highest BCUT2D eigenvalue weighted by molar-refractivity contribution is 6.42. The Morgan fingerprint density at radius 2 is 1.62 bits per heavy atom. The minimum absolute atomic E-state index is 0.118. The summed E-state index contributed by atoms with van der Waals surface area (Å²) in [6.45, 7) is -1.32. The van der Waals surface area contributed by atoms with E-state index >= 15 is 0 Å². The Balaban J connectivity index is 2.19. The van der Waals surface area contributed by atoms with Crippen LogP contribution in [0.3, 0.4) is 0 Å². The van der Waals surface area contributed by atoms with Crippen molar-refractivity contribution in [1.29, 1.82) is 0 Å². The van der Waals surface area contributed by atoms with E-state index in [0.29, 0.717) is 0 Å². The molecular formula is C16H16Cl2N4O7. The summed E-state index contributed by atoms with van der Waals surface area (Å²) in [5.74, 6) is -0.201. The summed E-state index contributed by atoms with van der Waals surface area (Å²) in [4.78, 5) is 33.7. The molecule has 0 saturated heterocycles. The number of nitrogens with zero attached hydrogens (tertiary/aromatic N) is 3. The van der Waals surface area contributed by atoms with Gasteiger partial charge in [-0.3, -0.25) is 9.78 Å². The van der Waals surface area contributed by atoms with Crippen molar-refractivity contribution in [2.24, 2.45) is 0 Å².